The van der Waals surface area contributed by atoms with Crippen LogP contribution in [0.4, 0.5) is 27.0 Å². The van der Waals surface area contributed by atoms with Crippen molar-refractivity contribution in [1.29, 1.82) is 0 Å². The number of rotatable bonds is 8. The number of nitrogens with zero attached hydrogens (tertiary/aromatic N) is 3. The van der Waals surface area contributed by atoms with Gasteiger partial charge in [0.25, 0.3) is 0 Å². The van der Waals surface area contributed by atoms with Gasteiger partial charge in [-0.2, -0.15) is 4.98 Å². The number of alkyl carbamates (subject to hydrolysis) is 1. The minimum Gasteiger partial charge on any atom is -0.450 e. The van der Waals surface area contributed by atoms with Gasteiger partial charge in [-0.25, -0.2) is 14.6 Å². The fourth-order valence-electron chi connectivity index (χ4n) is 3.09. The van der Waals surface area contributed by atoms with Gasteiger partial charge in [0, 0.05) is 47.3 Å². The molecule has 1 aromatic carbocycles. The zero-order valence-electron chi connectivity index (χ0n) is 19.9. The summed E-state index contributed by atoms with van der Waals surface area (Å²) in [5, 5.41) is 13.4. The van der Waals surface area contributed by atoms with Crippen molar-refractivity contribution in [3.63, 3.8) is 0 Å². The maximum absolute atomic E-state index is 12.4. The van der Waals surface area contributed by atoms with Crippen LogP contribution < -0.4 is 21.3 Å². The molecule has 10 nitrogen and oxygen atoms in total. The second kappa shape index (κ2) is 11.3. The smallest absolute Gasteiger partial charge is 0.407 e. The molecule has 10 heteroatoms. The third-order valence-corrected chi connectivity index (χ3v) is 4.57. The minimum atomic E-state index is -0.435. The summed E-state index contributed by atoms with van der Waals surface area (Å²) in [6.07, 6.45) is 4.56. The van der Waals surface area contributed by atoms with Gasteiger partial charge in [-0.15, -0.1) is 0 Å². The Kier molecular flexibility index (Phi) is 8.18. The number of pyridine rings is 1. The molecule has 3 aromatic rings. The van der Waals surface area contributed by atoms with Crippen molar-refractivity contribution in [3.8, 4) is 0 Å². The molecule has 0 atom stereocenters. The third kappa shape index (κ3) is 8.19. The molecule has 0 spiro atoms. The molecule has 3 amide bonds. The van der Waals surface area contributed by atoms with E-state index in [1.165, 1.54) is 0 Å². The monoisotopic (exact) mass is 465 g/mol. The Hall–Kier alpha value is -3.95. The normalized spacial score (nSPS) is 11.1. The molecular formula is C24H31N7O3. The molecule has 0 saturated heterocycles. The standard InChI is InChI=1S/C24H31N7O3/c1-16-13-20(26-10-5-6-12-34-23(33)31-24(2,3)4)29-21(27-16)30-22(32)28-19-8-7-18-15-25-11-9-17(18)14-19/h7-9,11,13-15H,5-6,10,12H2,1-4H3,(H,31,33)(H3,26,27,28,29,30,32). The van der Waals surface area contributed by atoms with Crippen LogP contribution in [0.1, 0.15) is 39.3 Å². The predicted molar refractivity (Wildman–Crippen MR) is 133 cm³/mol. The summed E-state index contributed by atoms with van der Waals surface area (Å²) in [6, 6.07) is 8.82. The van der Waals surface area contributed by atoms with E-state index in [9.17, 15) is 9.59 Å². The van der Waals surface area contributed by atoms with Crippen LogP contribution in [0.25, 0.3) is 10.8 Å². The van der Waals surface area contributed by atoms with Gasteiger partial charge < -0.3 is 20.7 Å². The molecule has 0 fully saturated rings. The van der Waals surface area contributed by atoms with Crippen LogP contribution in [0.2, 0.25) is 0 Å². The number of urea groups is 1. The lowest BCUT2D eigenvalue weighted by atomic mass is 10.1. The zero-order valence-corrected chi connectivity index (χ0v) is 19.9. The molecule has 4 N–H and O–H groups in total. The summed E-state index contributed by atoms with van der Waals surface area (Å²) in [6.45, 7) is 8.50. The highest BCUT2D eigenvalue weighted by Gasteiger charge is 2.14. The maximum Gasteiger partial charge on any atom is 0.407 e. The summed E-state index contributed by atoms with van der Waals surface area (Å²) < 4.78 is 5.16. The van der Waals surface area contributed by atoms with Gasteiger partial charge in [-0.1, -0.05) is 6.07 Å². The van der Waals surface area contributed by atoms with Crippen molar-refractivity contribution in [3.05, 3.63) is 48.4 Å². The molecule has 0 aliphatic carbocycles. The lowest BCUT2D eigenvalue weighted by Gasteiger charge is -2.19. The van der Waals surface area contributed by atoms with Crippen molar-refractivity contribution in [2.75, 3.05) is 29.1 Å². The van der Waals surface area contributed by atoms with E-state index in [0.29, 0.717) is 36.8 Å². The van der Waals surface area contributed by atoms with E-state index in [0.717, 1.165) is 17.2 Å². The van der Waals surface area contributed by atoms with Crippen LogP contribution in [0.15, 0.2) is 42.7 Å². The van der Waals surface area contributed by atoms with Crippen LogP contribution in [-0.4, -0.2) is 45.8 Å². The topological polar surface area (TPSA) is 130 Å². The maximum atomic E-state index is 12.4. The Morgan fingerprint density at radius 3 is 2.62 bits per heavy atom. The van der Waals surface area contributed by atoms with Crippen LogP contribution in [-0.2, 0) is 4.74 Å². The third-order valence-electron chi connectivity index (χ3n) is 4.57. The molecule has 0 aliphatic rings. The molecular weight excluding hydrogens is 434 g/mol. The van der Waals surface area contributed by atoms with E-state index in [-0.39, 0.29) is 11.5 Å². The fourth-order valence-corrected chi connectivity index (χ4v) is 3.09. The number of unbranched alkanes of at least 4 members (excludes halogenated alkanes) is 1. The number of ether oxygens (including phenoxy) is 1. The van der Waals surface area contributed by atoms with Crippen LogP contribution in [0.3, 0.4) is 0 Å². The molecule has 180 valence electrons. The van der Waals surface area contributed by atoms with Crippen LogP contribution in [0, 0.1) is 6.92 Å². The molecule has 34 heavy (non-hydrogen) atoms. The first-order valence-corrected chi connectivity index (χ1v) is 11.1. The zero-order chi connectivity index (χ0) is 24.6. The molecule has 0 aliphatic heterocycles. The number of carbonyl (C=O) groups is 2. The quantitative estimate of drug-likeness (QED) is 0.355. The lowest BCUT2D eigenvalue weighted by molar-refractivity contribution is 0.136. The van der Waals surface area contributed by atoms with Gasteiger partial charge >= 0.3 is 12.1 Å². The van der Waals surface area contributed by atoms with Gasteiger partial charge in [-0.3, -0.25) is 10.3 Å². The van der Waals surface area contributed by atoms with Gasteiger partial charge in [-0.05, 0) is 64.1 Å². The van der Waals surface area contributed by atoms with E-state index >= 15 is 0 Å². The number of nitrogens with one attached hydrogen (secondary N) is 4. The highest BCUT2D eigenvalue weighted by atomic mass is 16.5. The number of hydrogen-bond acceptors (Lipinski definition) is 7. The van der Waals surface area contributed by atoms with E-state index < -0.39 is 12.1 Å². The molecule has 0 bridgehead atoms. The van der Waals surface area contributed by atoms with Crippen molar-refractivity contribution >= 4 is 40.4 Å². The van der Waals surface area contributed by atoms with E-state index in [2.05, 4.69) is 36.2 Å². The van der Waals surface area contributed by atoms with E-state index in [1.54, 1.807) is 18.5 Å². The number of aryl methyl sites for hydroxylation is 1. The number of anilines is 3. The molecule has 0 radical (unpaired) electrons. The summed E-state index contributed by atoms with van der Waals surface area (Å²) in [5.74, 6) is 0.805. The average Bonchev–Trinajstić information content (AvgIpc) is 2.74. The molecule has 0 unspecified atom stereocenters. The summed E-state index contributed by atoms with van der Waals surface area (Å²) in [4.78, 5) is 36.8. The van der Waals surface area contributed by atoms with Crippen LogP contribution in [0.5, 0.6) is 0 Å². The second-order valence-corrected chi connectivity index (χ2v) is 8.88. The number of benzene rings is 1. The minimum absolute atomic E-state index is 0.201. The number of amides is 3. The highest BCUT2D eigenvalue weighted by molar-refractivity contribution is 6.00. The van der Waals surface area contributed by atoms with Gasteiger partial charge in [0.05, 0.1) is 6.61 Å². The largest absolute Gasteiger partial charge is 0.450 e. The first kappa shape index (κ1) is 24.7. The SMILES string of the molecule is Cc1cc(NCCCCOC(=O)NC(C)(C)C)nc(NC(=O)Nc2ccc3cnccc3c2)n1. The Balaban J connectivity index is 1.44. The van der Waals surface area contributed by atoms with Crippen molar-refractivity contribution in [2.24, 2.45) is 0 Å². The Bertz CT molecular complexity index is 1140. The summed E-state index contributed by atoms with van der Waals surface area (Å²) in [5.41, 5.74) is 1.05. The van der Waals surface area contributed by atoms with Gasteiger partial charge in [0.1, 0.15) is 5.82 Å². The van der Waals surface area contributed by atoms with Crippen molar-refractivity contribution in [2.45, 2.75) is 46.1 Å². The first-order valence-electron chi connectivity index (χ1n) is 11.1. The Morgan fingerprint density at radius 2 is 1.82 bits per heavy atom. The second-order valence-electron chi connectivity index (χ2n) is 8.88. The van der Waals surface area contributed by atoms with E-state index in [1.807, 2.05) is 52.0 Å². The summed E-state index contributed by atoms with van der Waals surface area (Å²) in [7, 11) is 0. The number of aromatic nitrogens is 3. The fraction of sp³-hybridized carbons (Fsp3) is 0.375. The Labute approximate surface area is 198 Å². The van der Waals surface area contributed by atoms with Crippen LogP contribution >= 0.6 is 0 Å². The van der Waals surface area contributed by atoms with Crippen molar-refractivity contribution in [1.82, 2.24) is 20.3 Å². The van der Waals surface area contributed by atoms with Crippen molar-refractivity contribution < 1.29 is 14.3 Å². The van der Waals surface area contributed by atoms with E-state index in [4.69, 9.17) is 4.74 Å². The lowest BCUT2D eigenvalue weighted by Crippen LogP contribution is -2.41. The number of hydrogen-bond donors (Lipinski definition) is 4. The Morgan fingerprint density at radius 1 is 1.00 bits per heavy atom. The number of fused-ring (bicyclic) bond motifs is 1. The average molecular weight is 466 g/mol. The van der Waals surface area contributed by atoms with Gasteiger partial charge in [0.2, 0.25) is 5.95 Å². The molecule has 0 saturated carbocycles. The number of carbonyl (C=O) groups excluding carboxylic acids is 2. The predicted octanol–water partition coefficient (Wildman–Crippen LogP) is 4.69. The molecule has 2 heterocycles. The molecule has 2 aromatic heterocycles. The highest BCUT2D eigenvalue weighted by Crippen LogP contribution is 2.18. The molecule has 3 rings (SSSR count). The summed E-state index contributed by atoms with van der Waals surface area (Å²) >= 11 is 0. The first-order chi connectivity index (χ1) is 16.2. The van der Waals surface area contributed by atoms with Gasteiger partial charge in [0.15, 0.2) is 0 Å².